The molecule has 0 atom stereocenters. The van der Waals surface area contributed by atoms with Crippen molar-refractivity contribution in [2.24, 2.45) is 0 Å². The summed E-state index contributed by atoms with van der Waals surface area (Å²) in [5, 5.41) is 9.05. The van der Waals surface area contributed by atoms with Crippen LogP contribution in [0.25, 0.3) is 0 Å². The van der Waals surface area contributed by atoms with Gasteiger partial charge in [-0.05, 0) is 12.8 Å². The van der Waals surface area contributed by atoms with Crippen LogP contribution in [0.5, 0.6) is 0 Å². The summed E-state index contributed by atoms with van der Waals surface area (Å²) in [7, 11) is 0. The minimum Gasteiger partial charge on any atom is -0.395 e. The van der Waals surface area contributed by atoms with Gasteiger partial charge in [-0.3, -0.25) is 9.88 Å². The minimum absolute atomic E-state index is 0.231. The SMILES string of the molecule is CCC(CC)N(CCO)Cc1cncs1. The Morgan fingerprint density at radius 1 is 1.47 bits per heavy atom. The van der Waals surface area contributed by atoms with E-state index in [-0.39, 0.29) is 6.61 Å². The Labute approximate surface area is 95.8 Å². The van der Waals surface area contributed by atoms with Gasteiger partial charge in [-0.2, -0.15) is 0 Å². The van der Waals surface area contributed by atoms with Crippen LogP contribution in [0.15, 0.2) is 11.7 Å². The predicted molar refractivity (Wildman–Crippen MR) is 64.0 cm³/mol. The molecule has 0 unspecified atom stereocenters. The van der Waals surface area contributed by atoms with Crippen LogP contribution in [-0.2, 0) is 6.54 Å². The Kier molecular flexibility index (Phi) is 5.83. The zero-order valence-corrected chi connectivity index (χ0v) is 10.3. The van der Waals surface area contributed by atoms with Crippen molar-refractivity contribution in [3.8, 4) is 0 Å². The maximum atomic E-state index is 9.05. The molecule has 0 aliphatic carbocycles. The Hall–Kier alpha value is -0.450. The van der Waals surface area contributed by atoms with Gasteiger partial charge < -0.3 is 5.11 Å². The topological polar surface area (TPSA) is 36.4 Å². The molecule has 3 nitrogen and oxygen atoms in total. The van der Waals surface area contributed by atoms with E-state index in [0.717, 1.165) is 25.9 Å². The van der Waals surface area contributed by atoms with Crippen LogP contribution in [0, 0.1) is 0 Å². The van der Waals surface area contributed by atoms with Crippen molar-refractivity contribution in [1.29, 1.82) is 0 Å². The van der Waals surface area contributed by atoms with E-state index in [1.165, 1.54) is 4.88 Å². The van der Waals surface area contributed by atoms with Crippen LogP contribution in [0.2, 0.25) is 0 Å². The molecule has 0 fully saturated rings. The number of aromatic nitrogens is 1. The third kappa shape index (κ3) is 3.89. The van der Waals surface area contributed by atoms with Gasteiger partial charge in [0.15, 0.2) is 0 Å². The van der Waals surface area contributed by atoms with Gasteiger partial charge >= 0.3 is 0 Å². The summed E-state index contributed by atoms with van der Waals surface area (Å²) >= 11 is 1.68. The van der Waals surface area contributed by atoms with Gasteiger partial charge in [-0.1, -0.05) is 13.8 Å². The highest BCUT2D eigenvalue weighted by atomic mass is 32.1. The van der Waals surface area contributed by atoms with E-state index in [1.54, 1.807) is 11.3 Å². The van der Waals surface area contributed by atoms with Crippen molar-refractivity contribution >= 4 is 11.3 Å². The number of aliphatic hydroxyl groups is 1. The average Bonchev–Trinajstić information content (AvgIpc) is 2.72. The van der Waals surface area contributed by atoms with Gasteiger partial charge in [-0.25, -0.2) is 0 Å². The normalized spacial score (nSPS) is 11.5. The second-order valence-corrected chi connectivity index (χ2v) is 4.60. The number of thiazole rings is 1. The summed E-state index contributed by atoms with van der Waals surface area (Å²) in [5.74, 6) is 0. The quantitative estimate of drug-likeness (QED) is 0.776. The zero-order valence-electron chi connectivity index (χ0n) is 9.52. The molecule has 0 aliphatic rings. The van der Waals surface area contributed by atoms with Gasteiger partial charge in [0, 0.05) is 30.2 Å². The number of hydrogen-bond acceptors (Lipinski definition) is 4. The molecule has 1 rings (SSSR count). The fourth-order valence-electron chi connectivity index (χ4n) is 1.84. The van der Waals surface area contributed by atoms with Gasteiger partial charge in [0.2, 0.25) is 0 Å². The first-order chi connectivity index (χ1) is 7.31. The van der Waals surface area contributed by atoms with Crippen LogP contribution in [0.3, 0.4) is 0 Å². The lowest BCUT2D eigenvalue weighted by atomic mass is 10.1. The highest BCUT2D eigenvalue weighted by molar-refractivity contribution is 7.09. The fourth-order valence-corrected chi connectivity index (χ4v) is 2.46. The van der Waals surface area contributed by atoms with Crippen LogP contribution < -0.4 is 0 Å². The third-order valence-corrected chi connectivity index (χ3v) is 3.45. The van der Waals surface area contributed by atoms with Crippen molar-refractivity contribution in [3.05, 3.63) is 16.6 Å². The molecule has 1 aromatic rings. The molecular formula is C11H20N2OS. The van der Waals surface area contributed by atoms with Crippen molar-refractivity contribution in [1.82, 2.24) is 9.88 Å². The lowest BCUT2D eigenvalue weighted by Gasteiger charge is -2.29. The molecule has 4 heteroatoms. The first kappa shape index (κ1) is 12.6. The van der Waals surface area contributed by atoms with Crippen molar-refractivity contribution in [2.75, 3.05) is 13.2 Å². The van der Waals surface area contributed by atoms with E-state index >= 15 is 0 Å². The Bertz CT molecular complexity index is 247. The first-order valence-corrected chi connectivity index (χ1v) is 6.42. The standard InChI is InChI=1S/C11H20N2OS/c1-3-10(4-2)13(5-6-14)8-11-7-12-9-15-11/h7,9-10,14H,3-6,8H2,1-2H3. The molecule has 0 aliphatic heterocycles. The molecule has 0 saturated carbocycles. The highest BCUT2D eigenvalue weighted by Crippen LogP contribution is 2.15. The van der Waals surface area contributed by atoms with Crippen LogP contribution in [0.4, 0.5) is 0 Å². The summed E-state index contributed by atoms with van der Waals surface area (Å²) in [6, 6.07) is 0.569. The largest absolute Gasteiger partial charge is 0.395 e. The van der Waals surface area contributed by atoms with Gasteiger partial charge in [0.25, 0.3) is 0 Å². The molecule has 1 N–H and O–H groups in total. The Morgan fingerprint density at radius 3 is 2.67 bits per heavy atom. The lowest BCUT2D eigenvalue weighted by Crippen LogP contribution is -2.35. The summed E-state index contributed by atoms with van der Waals surface area (Å²) < 4.78 is 0. The predicted octanol–water partition coefficient (Wildman–Crippen LogP) is 2.13. The van der Waals surface area contributed by atoms with Gasteiger partial charge in [-0.15, -0.1) is 11.3 Å². The van der Waals surface area contributed by atoms with Crippen molar-refractivity contribution < 1.29 is 5.11 Å². The second kappa shape index (κ2) is 6.93. The van der Waals surface area contributed by atoms with Crippen LogP contribution in [-0.4, -0.2) is 34.2 Å². The van der Waals surface area contributed by atoms with E-state index < -0.39 is 0 Å². The molecule has 0 bridgehead atoms. The third-order valence-electron chi connectivity index (χ3n) is 2.69. The van der Waals surface area contributed by atoms with Crippen molar-refractivity contribution in [2.45, 2.75) is 39.3 Å². The summed E-state index contributed by atoms with van der Waals surface area (Å²) in [6.45, 7) is 6.30. The average molecular weight is 228 g/mol. The van der Waals surface area contributed by atoms with E-state index in [0.29, 0.717) is 6.04 Å². The number of hydrogen-bond donors (Lipinski definition) is 1. The Balaban J connectivity index is 2.56. The van der Waals surface area contributed by atoms with Crippen LogP contribution >= 0.6 is 11.3 Å². The fraction of sp³-hybridized carbons (Fsp3) is 0.727. The van der Waals surface area contributed by atoms with Gasteiger partial charge in [0.1, 0.15) is 0 Å². The van der Waals surface area contributed by atoms with E-state index in [4.69, 9.17) is 5.11 Å². The molecule has 0 radical (unpaired) electrons. The molecule has 0 aromatic carbocycles. The van der Waals surface area contributed by atoms with E-state index in [1.807, 2.05) is 11.7 Å². The van der Waals surface area contributed by atoms with Crippen molar-refractivity contribution in [3.63, 3.8) is 0 Å². The molecule has 15 heavy (non-hydrogen) atoms. The lowest BCUT2D eigenvalue weighted by molar-refractivity contribution is 0.137. The molecule has 1 aromatic heterocycles. The monoisotopic (exact) mass is 228 g/mol. The number of nitrogens with zero attached hydrogens (tertiary/aromatic N) is 2. The zero-order chi connectivity index (χ0) is 11.1. The number of rotatable bonds is 7. The van der Waals surface area contributed by atoms with Crippen LogP contribution in [0.1, 0.15) is 31.6 Å². The Morgan fingerprint density at radius 2 is 2.20 bits per heavy atom. The minimum atomic E-state index is 0.231. The molecule has 86 valence electrons. The van der Waals surface area contributed by atoms with E-state index in [2.05, 4.69) is 23.7 Å². The maximum Gasteiger partial charge on any atom is 0.0794 e. The van der Waals surface area contributed by atoms with Gasteiger partial charge in [0.05, 0.1) is 12.1 Å². The first-order valence-electron chi connectivity index (χ1n) is 5.54. The molecule has 0 amide bonds. The highest BCUT2D eigenvalue weighted by Gasteiger charge is 2.15. The summed E-state index contributed by atoms with van der Waals surface area (Å²) in [5.41, 5.74) is 1.86. The second-order valence-electron chi connectivity index (χ2n) is 3.63. The molecule has 0 spiro atoms. The number of aliphatic hydroxyl groups excluding tert-OH is 1. The molecule has 1 heterocycles. The summed E-state index contributed by atoms with van der Waals surface area (Å²) in [4.78, 5) is 7.69. The molecular weight excluding hydrogens is 208 g/mol. The maximum absolute atomic E-state index is 9.05. The summed E-state index contributed by atoms with van der Waals surface area (Å²) in [6.07, 6.45) is 4.18. The van der Waals surface area contributed by atoms with E-state index in [9.17, 15) is 0 Å². The molecule has 0 saturated heterocycles. The smallest absolute Gasteiger partial charge is 0.0794 e.